The summed E-state index contributed by atoms with van der Waals surface area (Å²) in [4.78, 5) is 31.9. The quantitative estimate of drug-likeness (QED) is 0.0432. The number of aromatic nitrogens is 2. The van der Waals surface area contributed by atoms with Crippen LogP contribution in [-0.2, 0) is 37.2 Å². The van der Waals surface area contributed by atoms with Crippen LogP contribution in [0.5, 0.6) is 0 Å². The van der Waals surface area contributed by atoms with E-state index in [-0.39, 0.29) is 82.9 Å². The van der Waals surface area contributed by atoms with Gasteiger partial charge in [0, 0.05) is 135 Å². The molecule has 0 aliphatic carbocycles. The first-order chi connectivity index (χ1) is 38.1. The normalized spacial score (nSPS) is 17.9. The zero-order valence-electron chi connectivity index (χ0n) is 46.9. The molecule has 3 aliphatic heterocycles. The van der Waals surface area contributed by atoms with Gasteiger partial charge in [-0.2, -0.15) is 31.3 Å². The van der Waals surface area contributed by atoms with Gasteiger partial charge in [-0.05, 0) is 128 Å². The first kappa shape index (κ1) is 60.9. The Labute approximate surface area is 474 Å². The fourth-order valence-electron chi connectivity index (χ4n) is 9.78. The number of rotatable bonds is 17. The maximum atomic E-state index is 14.9. The van der Waals surface area contributed by atoms with Crippen molar-refractivity contribution in [3.8, 4) is 0 Å². The number of hydrogen-bond acceptors (Lipinski definition) is 16. The number of halogens is 6. The lowest BCUT2D eigenvalue weighted by molar-refractivity contribution is -0.138. The highest BCUT2D eigenvalue weighted by molar-refractivity contribution is 7.89. The van der Waals surface area contributed by atoms with Crippen LogP contribution in [0, 0.1) is 6.92 Å². The van der Waals surface area contributed by atoms with Crippen molar-refractivity contribution in [3.63, 3.8) is 0 Å². The summed E-state index contributed by atoms with van der Waals surface area (Å²) in [6, 6.07) is 20.1. The van der Waals surface area contributed by atoms with Crippen LogP contribution in [0.2, 0.25) is 0 Å². The molecule has 5 aromatic rings. The number of aliphatic imine (C=N–C) groups is 1. The van der Waals surface area contributed by atoms with E-state index in [9.17, 15) is 48.0 Å². The molecule has 0 saturated carbocycles. The molecule has 2 saturated heterocycles. The van der Waals surface area contributed by atoms with Crippen molar-refractivity contribution in [3.05, 3.63) is 119 Å². The Morgan fingerprint density at radius 3 is 1.72 bits per heavy atom. The summed E-state index contributed by atoms with van der Waals surface area (Å²) >= 11 is 0. The van der Waals surface area contributed by atoms with Crippen molar-refractivity contribution in [1.82, 2.24) is 34.5 Å². The van der Waals surface area contributed by atoms with Gasteiger partial charge in [-0.25, -0.2) is 36.3 Å². The zero-order valence-corrected chi connectivity index (χ0v) is 48.5. The number of anilines is 8. The molecule has 8 rings (SSSR count). The number of carbonyl (C=O) groups excluding carboxylic acids is 1. The van der Waals surface area contributed by atoms with E-state index < -0.39 is 60.4 Å². The number of alkyl halides is 6. The van der Waals surface area contributed by atoms with E-state index in [0.717, 1.165) is 12.1 Å². The van der Waals surface area contributed by atoms with Crippen molar-refractivity contribution in [2.24, 2.45) is 4.99 Å². The Morgan fingerprint density at radius 2 is 1.17 bits per heavy atom. The number of carbonyl (C=O) groups is 1. The summed E-state index contributed by atoms with van der Waals surface area (Å²) in [6.45, 7) is 17.6. The van der Waals surface area contributed by atoms with Crippen molar-refractivity contribution in [2.45, 2.75) is 101 Å². The van der Waals surface area contributed by atoms with Crippen LogP contribution in [0.15, 0.2) is 117 Å². The van der Waals surface area contributed by atoms with E-state index in [4.69, 9.17) is 0 Å². The first-order valence-electron chi connectivity index (χ1n) is 26.3. The molecule has 3 aliphatic rings. The summed E-state index contributed by atoms with van der Waals surface area (Å²) < 4.78 is 147. The highest BCUT2D eigenvalue weighted by Gasteiger charge is 2.39. The van der Waals surface area contributed by atoms with Crippen LogP contribution in [0.3, 0.4) is 0 Å². The van der Waals surface area contributed by atoms with Gasteiger partial charge in [0.1, 0.15) is 11.6 Å². The molecular weight excluding hydrogens is 1110 g/mol. The minimum atomic E-state index is -4.73. The lowest BCUT2D eigenvalue weighted by Gasteiger charge is -2.40. The summed E-state index contributed by atoms with van der Waals surface area (Å²) in [7, 11) is -8.01. The maximum Gasteiger partial charge on any atom is 0.418 e. The molecule has 82 heavy (non-hydrogen) atoms. The van der Waals surface area contributed by atoms with Gasteiger partial charge >= 0.3 is 12.4 Å². The number of sulfonamides is 2. The van der Waals surface area contributed by atoms with Gasteiger partial charge in [-0.3, -0.25) is 9.69 Å². The van der Waals surface area contributed by atoms with Crippen LogP contribution in [-0.4, -0.2) is 124 Å². The van der Waals surface area contributed by atoms with Crippen LogP contribution >= 0.6 is 0 Å². The lowest BCUT2D eigenvalue weighted by Crippen LogP contribution is -2.56. The molecule has 442 valence electrons. The third-order valence-electron chi connectivity index (χ3n) is 13.6. The predicted octanol–water partition coefficient (Wildman–Crippen LogP) is 9.04. The van der Waals surface area contributed by atoms with Gasteiger partial charge in [0.25, 0.3) is 0 Å². The summed E-state index contributed by atoms with van der Waals surface area (Å²) in [5, 5.41) is 15.4. The van der Waals surface area contributed by atoms with Crippen LogP contribution in [0.25, 0.3) is 0 Å². The van der Waals surface area contributed by atoms with Crippen molar-refractivity contribution in [2.75, 3.05) is 90.0 Å². The monoisotopic (exact) mass is 1180 g/mol. The number of piperazine rings is 2. The fourth-order valence-corrected chi connectivity index (χ4v) is 12.7. The molecule has 0 spiro atoms. The number of benzene rings is 4. The molecule has 27 heteroatoms. The van der Waals surface area contributed by atoms with E-state index in [1.165, 1.54) is 61.7 Å². The van der Waals surface area contributed by atoms with E-state index in [0.29, 0.717) is 54.5 Å². The third kappa shape index (κ3) is 15.3. The third-order valence-corrected chi connectivity index (χ3v) is 17.0. The highest BCUT2D eigenvalue weighted by atomic mass is 32.2. The average Bonchev–Trinajstić information content (AvgIpc) is 3.58. The molecule has 2 fully saturated rings. The molecule has 1 atom stereocenters. The molecular formula is C55H68F6N14O5S2. The Bertz CT molecular complexity index is 3490. The van der Waals surface area contributed by atoms with E-state index >= 15 is 0 Å². The predicted molar refractivity (Wildman–Crippen MR) is 307 cm³/mol. The van der Waals surface area contributed by atoms with Crippen LogP contribution < -0.4 is 45.8 Å². The standard InChI is InChI=1S/C55H68F6N14O5S2/c1-35-32-62-50(66-40-16-18-46(44(30-40)54(56,57)58)75-26-24-73(25-27-75)37(3)76)67-48(35)64-38-12-10-15-43(28-38)82(79,80)71-52(7,8)34-72-20-22-74(23-21-72)47-19-17-41(31-45(47)55(59,60)61)68-53(9)63-33-36(2)49(69-53)65-39-13-11-14-42(29-39)81(77,78)70-51(4,5)6/h10-19,28-33,65,68-71H,20-27,34H2,1-9H3,(H2,62,64,66,67). The molecule has 4 heterocycles. The minimum absolute atomic E-state index is 0.00824. The van der Waals surface area contributed by atoms with Crippen molar-refractivity contribution >= 4 is 78.1 Å². The molecule has 0 bridgehead atoms. The Hall–Kier alpha value is -7.20. The molecule has 19 nitrogen and oxygen atoms in total. The smallest absolute Gasteiger partial charge is 0.368 e. The minimum Gasteiger partial charge on any atom is -0.368 e. The van der Waals surface area contributed by atoms with Gasteiger partial charge in [-0.15, -0.1) is 0 Å². The van der Waals surface area contributed by atoms with E-state index in [2.05, 4.69) is 51.0 Å². The molecule has 7 N–H and O–H groups in total. The second-order valence-corrected chi connectivity index (χ2v) is 25.7. The average molecular weight is 1180 g/mol. The summed E-state index contributed by atoms with van der Waals surface area (Å²) in [5.41, 5.74) is -1.29. The Kier molecular flexibility index (Phi) is 17.2. The number of nitrogens with zero attached hydrogens (tertiary/aromatic N) is 7. The Morgan fingerprint density at radius 1 is 0.659 bits per heavy atom. The Balaban J connectivity index is 0.871. The number of hydrogen-bond donors (Lipinski definition) is 7. The van der Waals surface area contributed by atoms with Crippen molar-refractivity contribution in [1.29, 1.82) is 0 Å². The molecule has 4 aromatic carbocycles. The largest absolute Gasteiger partial charge is 0.418 e. The van der Waals surface area contributed by atoms with Crippen LogP contribution in [0.4, 0.5) is 72.2 Å². The van der Waals surface area contributed by atoms with E-state index in [1.807, 2.05) is 4.90 Å². The molecule has 1 aromatic heterocycles. The molecule has 1 unspecified atom stereocenters. The van der Waals surface area contributed by atoms with Gasteiger partial charge in [0.2, 0.25) is 37.7 Å². The van der Waals surface area contributed by atoms with Gasteiger partial charge in [0.05, 0.1) is 20.9 Å². The van der Waals surface area contributed by atoms with Gasteiger partial charge in [0.15, 0.2) is 0 Å². The number of amides is 1. The highest BCUT2D eigenvalue weighted by Crippen LogP contribution is 2.41. The number of aryl methyl sites for hydroxylation is 1. The maximum absolute atomic E-state index is 14.9. The molecule has 0 radical (unpaired) electrons. The topological polar surface area (TPSA) is 221 Å². The molecule has 1 amide bonds. The van der Waals surface area contributed by atoms with Gasteiger partial charge < -0.3 is 41.3 Å². The zero-order chi connectivity index (χ0) is 59.8. The lowest BCUT2D eigenvalue weighted by atomic mass is 10.1. The summed E-state index contributed by atoms with van der Waals surface area (Å²) in [5.74, 6) is -0.777. The fraction of sp³-hybridized carbons (Fsp3) is 0.418. The van der Waals surface area contributed by atoms with Crippen molar-refractivity contribution < 1.29 is 48.0 Å². The first-order valence-corrected chi connectivity index (χ1v) is 29.3. The van der Waals surface area contributed by atoms with E-state index in [1.54, 1.807) is 101 Å². The number of nitrogens with one attached hydrogen (secondary N) is 7. The van der Waals surface area contributed by atoms with Crippen LogP contribution in [0.1, 0.15) is 72.1 Å². The second-order valence-electron chi connectivity index (χ2n) is 22.4. The van der Waals surface area contributed by atoms with Gasteiger partial charge in [-0.1, -0.05) is 12.1 Å². The second kappa shape index (κ2) is 23.2. The summed E-state index contributed by atoms with van der Waals surface area (Å²) in [6.07, 6.45) is -6.39. The number of allylic oxidation sites excluding steroid dienone is 1. The SMILES string of the molecule is CC(=O)N1CCN(c2ccc(Nc3ncc(C)c(Nc4cccc(S(=O)(=O)NC(C)(C)CN5CCN(c6ccc(NC7(C)N=CC(C)=C(Nc8cccc(S(=O)(=O)NC(C)(C)C)c8)N7)cc6C(F)(F)F)CC5)c4)n3)cc2C(F)(F)F)CC1.